The fraction of sp³-hybridized carbons (Fsp3) is 0.207. The zero-order valence-electron chi connectivity index (χ0n) is 51.2. The number of aryl methyl sites for hydroxylation is 6. The number of nitriles is 1. The van der Waals surface area contributed by atoms with Crippen molar-refractivity contribution in [3.63, 3.8) is 0 Å². The SMILES string of the molecule is [2H]c1cc2oc3c(-c4ccc(C([2H])([2H])C([2H])([2H])c5cc(C([2H])([2H])C([2H])([2H])c6cnc(-c7[c-]cccc7)cc6C([2H])(C)C)cc(C([2H])([2H])C([2H])([2H])c6cnc(-c7[c-]cccc7)cc6C([2H])(C)C)c5)cn4)[c-]ccc3c2c([2H])c1C#N.[Ir+3]. The molecule has 0 saturated heterocycles. The molecule has 5 aromatic carbocycles. The Bertz CT molecular complexity index is 3730. The molecule has 9 aromatic rings. The van der Waals surface area contributed by atoms with E-state index < -0.39 is 66.7 Å². The standard InChI is InChI=1S/C58H49N4O.Ir/c1-38(2)51-32-55(45-12-7-5-8-13-45)61-36-47(51)24-20-42-28-41(29-43(30-42)21-25-48-37-62-56(33-52(48)39(3)4)46-14-9-6-10-15-46)19-18-40-22-26-54(60-35-40)50-17-11-16-49-53-31-44(34-59)23-27-57(53)63-58(49)50;/h5-12,14,16,22-23,26-33,35-39H,18-21,24-25H2,1-4H3;/q-3;+3/i18D2,19D2,20D2,21D2,23D,24D2,25D2,31D,38D,39D;. The van der Waals surface area contributed by atoms with Crippen LogP contribution in [0.4, 0.5) is 0 Å². The summed E-state index contributed by atoms with van der Waals surface area (Å²) >= 11 is 0. The molecule has 0 radical (unpaired) electrons. The third-order valence-electron chi connectivity index (χ3n) is 10.2. The summed E-state index contributed by atoms with van der Waals surface area (Å²) in [6, 6.07) is 37.0. The van der Waals surface area contributed by atoms with E-state index in [0.717, 1.165) is 36.8 Å². The Morgan fingerprint density at radius 3 is 1.70 bits per heavy atom. The van der Waals surface area contributed by atoms with Gasteiger partial charge in [0.15, 0.2) is 0 Å². The summed E-state index contributed by atoms with van der Waals surface area (Å²) in [5, 5.41) is 10.3. The number of aromatic nitrogens is 3. The second kappa shape index (κ2) is 19.9. The van der Waals surface area contributed by atoms with Gasteiger partial charge in [-0.25, -0.2) is 0 Å². The molecule has 4 aromatic heterocycles. The van der Waals surface area contributed by atoms with Crippen molar-refractivity contribution in [2.45, 2.75) is 77.7 Å². The van der Waals surface area contributed by atoms with Crippen LogP contribution in [0.15, 0.2) is 144 Å². The summed E-state index contributed by atoms with van der Waals surface area (Å²) in [4.78, 5) is 13.4. The molecule has 6 heteroatoms. The maximum atomic E-state index is 9.70. The first-order valence-electron chi connectivity index (χ1n) is 28.1. The third kappa shape index (κ3) is 9.83. The second-order valence-corrected chi connectivity index (χ2v) is 15.1. The van der Waals surface area contributed by atoms with Crippen molar-refractivity contribution in [3.05, 3.63) is 208 Å². The minimum atomic E-state index is -3.29. The predicted octanol–water partition coefficient (Wildman–Crippen LogP) is 13.6. The maximum absolute atomic E-state index is 9.70. The van der Waals surface area contributed by atoms with Gasteiger partial charge in [0, 0.05) is 43.2 Å². The summed E-state index contributed by atoms with van der Waals surface area (Å²) in [5.74, 6) is -3.13. The molecule has 0 aliphatic heterocycles. The second-order valence-electron chi connectivity index (χ2n) is 15.1. The van der Waals surface area contributed by atoms with Crippen molar-refractivity contribution >= 4 is 21.9 Å². The van der Waals surface area contributed by atoms with Gasteiger partial charge in [0.25, 0.3) is 0 Å². The van der Waals surface area contributed by atoms with Crippen LogP contribution in [0.25, 0.3) is 55.7 Å². The summed E-state index contributed by atoms with van der Waals surface area (Å²) < 4.78 is 157. The molecule has 0 spiro atoms. The first-order chi connectivity index (χ1) is 36.8. The predicted molar refractivity (Wildman–Crippen MR) is 254 cm³/mol. The van der Waals surface area contributed by atoms with Crippen molar-refractivity contribution in [1.29, 1.82) is 5.26 Å². The number of hydrogen-bond donors (Lipinski definition) is 0. The Kier molecular flexibility index (Phi) is 8.80. The van der Waals surface area contributed by atoms with Gasteiger partial charge in [0.05, 0.1) is 20.0 Å². The van der Waals surface area contributed by atoms with Crippen molar-refractivity contribution < 1.29 is 46.5 Å². The van der Waals surface area contributed by atoms with Gasteiger partial charge in [-0.3, -0.25) is 0 Å². The number of hydrogen-bond acceptors (Lipinski definition) is 5. The Morgan fingerprint density at radius 1 is 0.625 bits per heavy atom. The molecule has 0 aliphatic carbocycles. The molecule has 0 unspecified atom stereocenters. The number of fused-ring (bicyclic) bond motifs is 3. The molecular formula is C58H49IrN4O. The molecule has 64 heavy (non-hydrogen) atoms. The molecule has 0 atom stereocenters. The molecule has 0 aliphatic rings. The van der Waals surface area contributed by atoms with Gasteiger partial charge in [0.1, 0.15) is 5.58 Å². The van der Waals surface area contributed by atoms with E-state index >= 15 is 0 Å². The van der Waals surface area contributed by atoms with Gasteiger partial charge in [-0.15, -0.1) is 90.0 Å². The summed E-state index contributed by atoms with van der Waals surface area (Å²) in [5.41, 5.74) is -0.772. The van der Waals surface area contributed by atoms with Crippen LogP contribution in [-0.4, -0.2) is 15.0 Å². The first kappa shape index (κ1) is 28.3. The van der Waals surface area contributed by atoms with Crippen LogP contribution in [-0.2, 0) is 58.3 Å². The Labute approximate surface area is 413 Å². The van der Waals surface area contributed by atoms with E-state index in [2.05, 4.69) is 33.2 Å². The van der Waals surface area contributed by atoms with E-state index in [-0.39, 0.29) is 93.4 Å². The van der Waals surface area contributed by atoms with Crippen LogP contribution in [0.1, 0.15) is 111 Å². The van der Waals surface area contributed by atoms with Crippen LogP contribution in [0.5, 0.6) is 0 Å². The molecule has 4 heterocycles. The molecule has 0 amide bonds. The van der Waals surface area contributed by atoms with E-state index in [1.807, 2.05) is 6.07 Å². The first-order valence-corrected chi connectivity index (χ1v) is 20.1. The minimum Gasteiger partial charge on any atom is -0.501 e. The Morgan fingerprint density at radius 2 is 1.19 bits per heavy atom. The fourth-order valence-corrected chi connectivity index (χ4v) is 7.08. The van der Waals surface area contributed by atoms with Gasteiger partial charge in [-0.2, -0.15) is 5.26 Å². The van der Waals surface area contributed by atoms with Crippen molar-refractivity contribution in [1.82, 2.24) is 15.0 Å². The number of furan rings is 1. The van der Waals surface area contributed by atoms with Crippen molar-refractivity contribution in [3.8, 4) is 39.8 Å². The summed E-state index contributed by atoms with van der Waals surface area (Å²) in [6.07, 6.45) is -16.0. The van der Waals surface area contributed by atoms with E-state index in [9.17, 15) is 21.7 Å². The molecule has 0 saturated carbocycles. The molecule has 0 bridgehead atoms. The van der Waals surface area contributed by atoms with E-state index in [4.69, 9.17) is 9.90 Å². The normalized spacial score (nSPS) is 16.7. The van der Waals surface area contributed by atoms with Crippen molar-refractivity contribution in [2.24, 2.45) is 0 Å². The number of nitrogens with zero attached hydrogens (tertiary/aromatic N) is 4. The van der Waals surface area contributed by atoms with Crippen LogP contribution in [0.2, 0.25) is 0 Å². The largest absolute Gasteiger partial charge is 3.00 e. The fourth-order valence-electron chi connectivity index (χ4n) is 7.08. The van der Waals surface area contributed by atoms with Crippen LogP contribution >= 0.6 is 0 Å². The Hall–Kier alpha value is -6.51. The summed E-state index contributed by atoms with van der Waals surface area (Å²) in [7, 11) is 0. The minimum absolute atomic E-state index is 0. The molecule has 0 N–H and O–H groups in total. The maximum Gasteiger partial charge on any atom is 3.00 e. The average Bonchev–Trinajstić information content (AvgIpc) is 3.96. The molecule has 9 rings (SSSR count). The number of pyridine rings is 3. The van der Waals surface area contributed by atoms with Gasteiger partial charge in [-0.1, -0.05) is 81.1 Å². The van der Waals surface area contributed by atoms with E-state index in [1.54, 1.807) is 60.7 Å². The number of rotatable bonds is 14. The van der Waals surface area contributed by atoms with Gasteiger partial charge in [0.2, 0.25) is 0 Å². The van der Waals surface area contributed by atoms with Gasteiger partial charge < -0.3 is 19.4 Å². The topological polar surface area (TPSA) is 75.6 Å². The molecule has 5 nitrogen and oxygen atoms in total. The number of benzene rings is 5. The third-order valence-corrected chi connectivity index (χ3v) is 10.2. The molecule has 316 valence electrons. The smallest absolute Gasteiger partial charge is 0.501 e. The average molecular weight is 1030 g/mol. The van der Waals surface area contributed by atoms with Crippen LogP contribution in [0, 0.1) is 29.5 Å². The monoisotopic (exact) mass is 1030 g/mol. The zero-order chi connectivity index (χ0) is 57.6. The van der Waals surface area contributed by atoms with Gasteiger partial charge >= 0.3 is 20.1 Å². The molecule has 0 fully saturated rings. The summed E-state index contributed by atoms with van der Waals surface area (Å²) in [6.45, 7) is 5.95. The van der Waals surface area contributed by atoms with E-state index in [0.29, 0.717) is 27.9 Å². The van der Waals surface area contributed by atoms with Crippen molar-refractivity contribution in [2.75, 3.05) is 0 Å². The quantitative estimate of drug-likeness (QED) is 0.101. The Balaban J connectivity index is 0.00000841. The van der Waals surface area contributed by atoms with E-state index in [1.165, 1.54) is 58.0 Å². The van der Waals surface area contributed by atoms with Gasteiger partial charge in [-0.05, 0) is 130 Å². The van der Waals surface area contributed by atoms with Crippen LogP contribution in [0.3, 0.4) is 0 Å². The van der Waals surface area contributed by atoms with Crippen LogP contribution < -0.4 is 0 Å². The zero-order valence-corrected chi connectivity index (χ0v) is 37.5. The molecular weight excluding hydrogens is 961 g/mol.